The highest BCUT2D eigenvalue weighted by atomic mass is 35.5. The van der Waals surface area contributed by atoms with Gasteiger partial charge in [0, 0.05) is 17.5 Å². The first-order valence-corrected chi connectivity index (χ1v) is 12.4. The van der Waals surface area contributed by atoms with Crippen molar-refractivity contribution >= 4 is 17.5 Å². The van der Waals surface area contributed by atoms with Crippen LogP contribution in [0.1, 0.15) is 35.6 Å². The Hall–Kier alpha value is -2.32. The first-order chi connectivity index (χ1) is 16.5. The summed E-state index contributed by atoms with van der Waals surface area (Å²) in [5, 5.41) is 25.8. The molecule has 2 aromatic carbocycles. The largest absolute Gasteiger partial charge is 0.486 e. The van der Waals surface area contributed by atoms with Gasteiger partial charge in [0.25, 0.3) is 0 Å². The number of hydrogen-bond donors (Lipinski definition) is 3. The quantitative estimate of drug-likeness (QED) is 0.557. The first kappa shape index (κ1) is 23.4. The van der Waals surface area contributed by atoms with Crippen LogP contribution in [-0.4, -0.2) is 66.0 Å². The number of ether oxygens (including phenoxy) is 2. The SMILES string of the molecule is O=C(N[C@H](CN1CCCC1)[C@H](O)c1ccc2c(c1)OCCO2)C(O)C1Cc2ccc(Cl)cc2C1. The normalized spacial score (nSPS) is 22.1. The number of fused-ring (bicyclic) bond motifs is 2. The maximum Gasteiger partial charge on any atom is 0.249 e. The molecule has 0 aromatic heterocycles. The van der Waals surface area contributed by atoms with Gasteiger partial charge in [-0.05, 0) is 79.7 Å². The second kappa shape index (κ2) is 10.1. The molecule has 2 aliphatic heterocycles. The van der Waals surface area contributed by atoms with Crippen LogP contribution in [0.2, 0.25) is 5.02 Å². The van der Waals surface area contributed by atoms with Crippen LogP contribution in [0.4, 0.5) is 0 Å². The number of halogens is 1. The minimum absolute atomic E-state index is 0.215. The number of likely N-dealkylation sites (tertiary alicyclic amines) is 1. The Bertz CT molecular complexity index is 1040. The lowest BCUT2D eigenvalue weighted by Crippen LogP contribution is -2.51. The number of rotatable bonds is 7. The van der Waals surface area contributed by atoms with Gasteiger partial charge < -0.3 is 29.9 Å². The van der Waals surface area contributed by atoms with Crippen LogP contribution >= 0.6 is 11.6 Å². The van der Waals surface area contributed by atoms with Gasteiger partial charge in [-0.3, -0.25) is 4.79 Å². The second-order valence-corrected chi connectivity index (χ2v) is 9.93. The number of carbonyl (C=O) groups excluding carboxylic acids is 1. The van der Waals surface area contributed by atoms with Gasteiger partial charge in [0.15, 0.2) is 11.5 Å². The summed E-state index contributed by atoms with van der Waals surface area (Å²) in [5.74, 6) is 0.576. The lowest BCUT2D eigenvalue weighted by molar-refractivity contribution is -0.133. The molecular formula is C26H31ClN2O5. The molecular weight excluding hydrogens is 456 g/mol. The fourth-order valence-corrected chi connectivity index (χ4v) is 5.46. The molecule has 34 heavy (non-hydrogen) atoms. The number of nitrogens with zero attached hydrogens (tertiary/aromatic N) is 1. The fraction of sp³-hybridized carbons (Fsp3) is 0.500. The van der Waals surface area contributed by atoms with Gasteiger partial charge in [0.05, 0.1) is 6.04 Å². The van der Waals surface area contributed by atoms with Crippen molar-refractivity contribution in [2.45, 2.75) is 43.9 Å². The van der Waals surface area contributed by atoms with Gasteiger partial charge in [-0.15, -0.1) is 0 Å². The zero-order valence-electron chi connectivity index (χ0n) is 19.1. The molecule has 3 N–H and O–H groups in total. The number of benzene rings is 2. The average molecular weight is 487 g/mol. The van der Waals surface area contributed by atoms with E-state index in [1.807, 2.05) is 18.2 Å². The molecule has 3 aliphatic rings. The van der Waals surface area contributed by atoms with Gasteiger partial charge in [-0.25, -0.2) is 0 Å². The van der Waals surface area contributed by atoms with Crippen LogP contribution in [0.5, 0.6) is 11.5 Å². The Labute approximate surface area is 204 Å². The van der Waals surface area contributed by atoms with Gasteiger partial charge in [0.1, 0.15) is 25.4 Å². The van der Waals surface area contributed by atoms with Crippen molar-refractivity contribution in [3.63, 3.8) is 0 Å². The average Bonchev–Trinajstić information content (AvgIpc) is 3.51. The Morgan fingerprint density at radius 2 is 1.76 bits per heavy atom. The van der Waals surface area contributed by atoms with E-state index in [4.69, 9.17) is 21.1 Å². The summed E-state index contributed by atoms with van der Waals surface area (Å²) >= 11 is 6.11. The highest BCUT2D eigenvalue weighted by Gasteiger charge is 2.35. The van der Waals surface area contributed by atoms with Crippen LogP contribution in [0.15, 0.2) is 36.4 Å². The van der Waals surface area contributed by atoms with E-state index in [1.165, 1.54) is 0 Å². The van der Waals surface area contributed by atoms with Gasteiger partial charge in [-0.1, -0.05) is 23.7 Å². The molecule has 2 aromatic rings. The van der Waals surface area contributed by atoms with Crippen LogP contribution in [0.3, 0.4) is 0 Å². The molecule has 1 amide bonds. The van der Waals surface area contributed by atoms with Gasteiger partial charge >= 0.3 is 0 Å². The molecule has 0 radical (unpaired) electrons. The maximum atomic E-state index is 13.1. The number of nitrogens with one attached hydrogen (secondary N) is 1. The molecule has 182 valence electrons. The third-order valence-electron chi connectivity index (χ3n) is 7.12. The van der Waals surface area contributed by atoms with E-state index in [9.17, 15) is 15.0 Å². The van der Waals surface area contributed by atoms with E-state index in [-0.39, 0.29) is 5.92 Å². The summed E-state index contributed by atoms with van der Waals surface area (Å²) in [6.45, 7) is 3.33. The van der Waals surface area contributed by atoms with Gasteiger partial charge in [-0.2, -0.15) is 0 Å². The molecule has 2 heterocycles. The zero-order chi connectivity index (χ0) is 23.7. The summed E-state index contributed by atoms with van der Waals surface area (Å²) in [4.78, 5) is 15.4. The number of amides is 1. The van der Waals surface area contributed by atoms with Crippen LogP contribution < -0.4 is 14.8 Å². The summed E-state index contributed by atoms with van der Waals surface area (Å²) < 4.78 is 11.3. The maximum absolute atomic E-state index is 13.1. The van der Waals surface area contributed by atoms with Crippen molar-refractivity contribution in [2.24, 2.45) is 5.92 Å². The second-order valence-electron chi connectivity index (χ2n) is 9.50. The van der Waals surface area contributed by atoms with Crippen molar-refractivity contribution in [1.29, 1.82) is 0 Å². The number of aliphatic hydroxyl groups is 2. The standard InChI is InChI=1S/C26H31ClN2O5/c27-20-5-3-16-11-19(12-18(16)13-20)25(31)26(32)28-21(15-29-7-1-2-8-29)24(30)17-4-6-22-23(14-17)34-10-9-33-22/h3-6,13-14,19,21,24-25,30-31H,1-2,7-12,15H2,(H,28,32)/t19?,21-,24-,25?/m1/s1. The van der Waals surface area contributed by atoms with Crippen LogP contribution in [0.25, 0.3) is 0 Å². The van der Waals surface area contributed by atoms with Crippen molar-refractivity contribution < 1.29 is 24.5 Å². The smallest absolute Gasteiger partial charge is 0.249 e. The van der Waals surface area contributed by atoms with E-state index >= 15 is 0 Å². The summed E-state index contributed by atoms with van der Waals surface area (Å²) in [6, 6.07) is 10.5. The minimum Gasteiger partial charge on any atom is -0.486 e. The predicted octanol–water partition coefficient (Wildman–Crippen LogP) is 2.50. The van der Waals surface area contributed by atoms with E-state index in [2.05, 4.69) is 10.2 Å². The van der Waals surface area contributed by atoms with Crippen LogP contribution in [0, 0.1) is 5.92 Å². The van der Waals surface area contributed by atoms with E-state index in [0.29, 0.717) is 54.7 Å². The summed E-state index contributed by atoms with van der Waals surface area (Å²) in [5.41, 5.74) is 2.84. The predicted molar refractivity (Wildman–Crippen MR) is 128 cm³/mol. The molecule has 1 aliphatic carbocycles. The minimum atomic E-state index is -1.17. The third kappa shape index (κ3) is 5.03. The number of hydrogen-bond acceptors (Lipinski definition) is 6. The van der Waals surface area contributed by atoms with E-state index in [0.717, 1.165) is 37.1 Å². The highest BCUT2D eigenvalue weighted by Crippen LogP contribution is 2.34. The molecule has 0 bridgehead atoms. The first-order valence-electron chi connectivity index (χ1n) is 12.0. The molecule has 8 heteroatoms. The lowest BCUT2D eigenvalue weighted by atomic mass is 9.96. The molecule has 1 saturated heterocycles. The Kier molecular flexibility index (Phi) is 6.97. The van der Waals surface area contributed by atoms with Crippen molar-refractivity contribution in [3.05, 3.63) is 58.1 Å². The fourth-order valence-electron chi connectivity index (χ4n) is 5.27. The molecule has 0 saturated carbocycles. The molecule has 1 fully saturated rings. The molecule has 5 rings (SSSR count). The lowest BCUT2D eigenvalue weighted by Gasteiger charge is -2.30. The van der Waals surface area contributed by atoms with Crippen molar-refractivity contribution in [1.82, 2.24) is 10.2 Å². The van der Waals surface area contributed by atoms with Crippen molar-refractivity contribution in [3.8, 4) is 11.5 Å². The monoisotopic (exact) mass is 486 g/mol. The van der Waals surface area contributed by atoms with Crippen molar-refractivity contribution in [2.75, 3.05) is 32.8 Å². The van der Waals surface area contributed by atoms with Crippen LogP contribution in [-0.2, 0) is 17.6 Å². The van der Waals surface area contributed by atoms with Gasteiger partial charge in [0.2, 0.25) is 5.91 Å². The summed E-state index contributed by atoms with van der Waals surface area (Å²) in [7, 11) is 0. The summed E-state index contributed by atoms with van der Waals surface area (Å²) in [6.07, 6.45) is 1.32. The zero-order valence-corrected chi connectivity index (χ0v) is 19.8. The Morgan fingerprint density at radius 3 is 2.56 bits per heavy atom. The Morgan fingerprint density at radius 1 is 1.03 bits per heavy atom. The Balaban J connectivity index is 1.30. The third-order valence-corrected chi connectivity index (χ3v) is 7.35. The molecule has 7 nitrogen and oxygen atoms in total. The molecule has 4 atom stereocenters. The van der Waals surface area contributed by atoms with E-state index < -0.39 is 24.2 Å². The molecule has 0 spiro atoms. The highest BCUT2D eigenvalue weighted by molar-refractivity contribution is 6.30. The molecule has 2 unspecified atom stereocenters. The number of carbonyl (C=O) groups is 1. The number of aliphatic hydroxyl groups excluding tert-OH is 2. The topological polar surface area (TPSA) is 91.3 Å². The van der Waals surface area contributed by atoms with E-state index in [1.54, 1.807) is 18.2 Å².